The lowest BCUT2D eigenvalue weighted by Crippen LogP contribution is -2.44. The van der Waals surface area contributed by atoms with Gasteiger partial charge in [0.2, 0.25) is 0 Å². The molecule has 0 aliphatic heterocycles. The van der Waals surface area contributed by atoms with E-state index in [1.54, 1.807) is 0 Å². The molecule has 0 fully saturated rings. The Bertz CT molecular complexity index is 300. The molecule has 0 aromatic rings. The molecule has 140 valence electrons. The molecule has 0 unspecified atom stereocenters. The highest BCUT2D eigenvalue weighted by Crippen LogP contribution is 2.35. The molecule has 0 saturated heterocycles. The minimum atomic E-state index is -5.67. The van der Waals surface area contributed by atoms with E-state index < -0.39 is 58.4 Å². The van der Waals surface area contributed by atoms with Crippen molar-refractivity contribution in [3.63, 3.8) is 0 Å². The smallest absolute Gasteiger partial charge is 0.346 e. The van der Waals surface area contributed by atoms with Crippen LogP contribution in [0.1, 0.15) is 0 Å². The second-order valence-corrected chi connectivity index (χ2v) is 3.68. The third kappa shape index (κ3) is 12.3. The molecule has 0 saturated carbocycles. The summed E-state index contributed by atoms with van der Waals surface area (Å²) < 4.78 is 127. The highest BCUT2D eigenvalue weighted by Gasteiger charge is 2.58. The van der Waals surface area contributed by atoms with Crippen molar-refractivity contribution in [3.8, 4) is 0 Å². The molecular weight excluding hydrogens is 359 g/mol. The largest absolute Gasteiger partial charge is 0.423 e. The van der Waals surface area contributed by atoms with Crippen LogP contribution in [0.5, 0.6) is 0 Å². The van der Waals surface area contributed by atoms with Crippen molar-refractivity contribution in [2.24, 2.45) is 0 Å². The first-order valence-electron chi connectivity index (χ1n) is 5.47. The molecule has 0 aromatic heterocycles. The van der Waals surface area contributed by atoms with Gasteiger partial charge in [-0.15, -0.1) is 0 Å². The van der Waals surface area contributed by atoms with Gasteiger partial charge in [0.05, 0.1) is 0 Å². The van der Waals surface area contributed by atoms with E-state index in [-0.39, 0.29) is 0 Å². The summed E-state index contributed by atoms with van der Waals surface area (Å²) >= 11 is 0. The van der Waals surface area contributed by atoms with Crippen molar-refractivity contribution in [2.45, 2.75) is 24.6 Å². The summed E-state index contributed by atoms with van der Waals surface area (Å²) in [7, 11) is 0. The molecule has 0 heterocycles. The average Bonchev–Trinajstić information content (AvgIpc) is 2.31. The maximum atomic E-state index is 12.0. The number of hydrogen-bond acceptors (Lipinski definition) is 5. The molecule has 0 spiro atoms. The summed E-state index contributed by atoms with van der Waals surface area (Å²) in [6.07, 6.45) is -19.9. The van der Waals surface area contributed by atoms with Crippen LogP contribution in [0.2, 0.25) is 0 Å². The Morgan fingerprint density at radius 3 is 1.35 bits per heavy atom. The van der Waals surface area contributed by atoms with E-state index in [2.05, 4.69) is 23.7 Å². The first-order valence-corrected chi connectivity index (χ1v) is 5.47. The molecule has 0 bridgehead atoms. The molecule has 0 radical (unpaired) electrons. The summed E-state index contributed by atoms with van der Waals surface area (Å²) in [5.74, 6) is 0. The Morgan fingerprint density at radius 1 is 0.565 bits per heavy atom. The SMILES string of the molecule is FC(F)(F)COCOCOCOCOC(C(F)(F)F)C(F)(F)F. The van der Waals surface area contributed by atoms with Crippen LogP contribution < -0.4 is 0 Å². The minimum absolute atomic E-state index is 0.667. The number of halogens is 9. The van der Waals surface area contributed by atoms with Crippen molar-refractivity contribution in [1.29, 1.82) is 0 Å². The van der Waals surface area contributed by atoms with Gasteiger partial charge in [0.25, 0.3) is 6.10 Å². The lowest BCUT2D eigenvalue weighted by Gasteiger charge is -2.22. The van der Waals surface area contributed by atoms with Gasteiger partial charge in [0, 0.05) is 0 Å². The maximum Gasteiger partial charge on any atom is 0.423 e. The molecule has 0 amide bonds. The summed E-state index contributed by atoms with van der Waals surface area (Å²) in [6.45, 7) is -5.22. The van der Waals surface area contributed by atoms with Gasteiger partial charge in [-0.2, -0.15) is 39.5 Å². The zero-order valence-electron chi connectivity index (χ0n) is 11.1. The average molecular weight is 370 g/mol. The monoisotopic (exact) mass is 370 g/mol. The summed E-state index contributed by atoms with van der Waals surface area (Å²) in [4.78, 5) is 0. The van der Waals surface area contributed by atoms with Gasteiger partial charge in [-0.3, -0.25) is 0 Å². The van der Waals surface area contributed by atoms with Gasteiger partial charge >= 0.3 is 18.5 Å². The van der Waals surface area contributed by atoms with Crippen LogP contribution in [-0.2, 0) is 23.7 Å². The van der Waals surface area contributed by atoms with Crippen LogP contribution >= 0.6 is 0 Å². The number of hydrogen-bond donors (Lipinski definition) is 0. The van der Waals surface area contributed by atoms with E-state index in [9.17, 15) is 39.5 Å². The Hall–Kier alpha value is -0.830. The van der Waals surface area contributed by atoms with Crippen LogP contribution in [0.3, 0.4) is 0 Å². The van der Waals surface area contributed by atoms with Crippen LogP contribution in [0.25, 0.3) is 0 Å². The van der Waals surface area contributed by atoms with Crippen LogP contribution in [0.4, 0.5) is 39.5 Å². The van der Waals surface area contributed by atoms with Gasteiger partial charge in [-0.25, -0.2) is 0 Å². The third-order valence-corrected chi connectivity index (χ3v) is 1.68. The van der Waals surface area contributed by atoms with Gasteiger partial charge in [-0.05, 0) is 0 Å². The summed E-state index contributed by atoms with van der Waals surface area (Å²) in [6, 6.07) is 0. The Morgan fingerprint density at radius 2 is 0.957 bits per heavy atom. The van der Waals surface area contributed by atoms with E-state index in [1.807, 2.05) is 0 Å². The number of alkyl halides is 9. The third-order valence-electron chi connectivity index (χ3n) is 1.68. The molecule has 0 atom stereocenters. The number of rotatable bonds is 10. The molecule has 0 aliphatic rings. The molecule has 0 aromatic carbocycles. The Kier molecular flexibility index (Phi) is 9.12. The second-order valence-electron chi connectivity index (χ2n) is 3.68. The molecule has 0 rings (SSSR count). The molecule has 0 aliphatic carbocycles. The molecule has 5 nitrogen and oxygen atoms in total. The van der Waals surface area contributed by atoms with Gasteiger partial charge < -0.3 is 23.7 Å². The lowest BCUT2D eigenvalue weighted by molar-refractivity contribution is -0.339. The van der Waals surface area contributed by atoms with Crippen molar-refractivity contribution >= 4 is 0 Å². The predicted octanol–water partition coefficient (Wildman–Crippen LogP) is 2.95. The molecule has 0 N–H and O–H groups in total. The Labute approximate surface area is 123 Å². The molecular formula is C9H11F9O5. The highest BCUT2D eigenvalue weighted by atomic mass is 19.4. The molecule has 14 heteroatoms. The topological polar surface area (TPSA) is 46.2 Å². The van der Waals surface area contributed by atoms with Crippen LogP contribution in [0, 0.1) is 0 Å². The Balaban J connectivity index is 3.65. The molecule has 23 heavy (non-hydrogen) atoms. The van der Waals surface area contributed by atoms with E-state index in [0.29, 0.717) is 0 Å². The normalized spacial score (nSPS) is 13.8. The highest BCUT2D eigenvalue weighted by molar-refractivity contribution is 4.75. The maximum absolute atomic E-state index is 12.0. The quantitative estimate of drug-likeness (QED) is 0.336. The van der Waals surface area contributed by atoms with Gasteiger partial charge in [-0.1, -0.05) is 0 Å². The van der Waals surface area contributed by atoms with E-state index >= 15 is 0 Å². The van der Waals surface area contributed by atoms with Gasteiger partial charge in [0.15, 0.2) is 20.4 Å². The van der Waals surface area contributed by atoms with Crippen LogP contribution in [-0.4, -0.2) is 58.4 Å². The van der Waals surface area contributed by atoms with Gasteiger partial charge in [0.1, 0.15) is 13.4 Å². The van der Waals surface area contributed by atoms with Crippen molar-refractivity contribution in [1.82, 2.24) is 0 Å². The predicted molar refractivity (Wildman–Crippen MR) is 51.7 cm³/mol. The van der Waals surface area contributed by atoms with E-state index in [4.69, 9.17) is 0 Å². The van der Waals surface area contributed by atoms with Crippen LogP contribution in [0.15, 0.2) is 0 Å². The fourth-order valence-corrected chi connectivity index (χ4v) is 0.927. The zero-order chi connectivity index (χ0) is 18.1. The minimum Gasteiger partial charge on any atom is -0.346 e. The second kappa shape index (κ2) is 9.46. The van der Waals surface area contributed by atoms with Crippen molar-refractivity contribution in [3.05, 3.63) is 0 Å². The number of ether oxygens (including phenoxy) is 5. The van der Waals surface area contributed by atoms with E-state index in [1.165, 1.54) is 0 Å². The summed E-state index contributed by atoms with van der Waals surface area (Å²) in [5, 5.41) is 0. The first-order chi connectivity index (χ1) is 10.3. The standard InChI is InChI=1S/C9H11F9O5/c10-7(11,12)1-19-2-20-3-21-4-22-5-23-6(8(13,14)15)9(16,17)18/h6H,1-5H2. The fraction of sp³-hybridized carbons (Fsp3) is 1.00. The van der Waals surface area contributed by atoms with Crippen molar-refractivity contribution < 1.29 is 63.2 Å². The van der Waals surface area contributed by atoms with Crippen molar-refractivity contribution in [2.75, 3.05) is 33.8 Å². The lowest BCUT2D eigenvalue weighted by atomic mass is 10.3. The zero-order valence-corrected chi connectivity index (χ0v) is 11.1. The summed E-state index contributed by atoms with van der Waals surface area (Å²) in [5.41, 5.74) is 0. The first kappa shape index (κ1) is 22.2. The van der Waals surface area contributed by atoms with E-state index in [0.717, 1.165) is 0 Å². The fourth-order valence-electron chi connectivity index (χ4n) is 0.927.